The van der Waals surface area contributed by atoms with Crippen molar-refractivity contribution in [2.75, 3.05) is 6.61 Å². The van der Waals surface area contributed by atoms with Crippen LogP contribution in [0.2, 0.25) is 0 Å². The van der Waals surface area contributed by atoms with Crippen LogP contribution in [0.1, 0.15) is 28.7 Å². The predicted octanol–water partition coefficient (Wildman–Crippen LogP) is 2.92. The van der Waals surface area contributed by atoms with Crippen LogP contribution in [0.25, 0.3) is 11.0 Å². The van der Waals surface area contributed by atoms with Crippen LogP contribution >= 0.6 is 0 Å². The van der Waals surface area contributed by atoms with Gasteiger partial charge in [0.05, 0.1) is 22.7 Å². The highest BCUT2D eigenvalue weighted by Crippen LogP contribution is 2.22. The monoisotopic (exact) mass is 356 g/mol. The standard InChI is InChI=1S/C19H21FN4O2/c1-11-9-14(17-13(3)23-24(4)18(17)21-11)19(25)22-12(2)10-26-16-8-6-5-7-15(16)20/h5-9,12H,10H2,1-4H3,(H,22,25). The molecule has 3 rings (SSSR count). The molecule has 0 spiro atoms. The van der Waals surface area contributed by atoms with Gasteiger partial charge in [0.1, 0.15) is 6.61 Å². The number of amides is 1. The molecule has 2 heterocycles. The number of aromatic nitrogens is 3. The zero-order valence-electron chi connectivity index (χ0n) is 15.2. The van der Waals surface area contributed by atoms with Crippen LogP contribution in [0.3, 0.4) is 0 Å². The Morgan fingerprint density at radius 2 is 2.08 bits per heavy atom. The number of fused-ring (bicyclic) bond motifs is 1. The van der Waals surface area contributed by atoms with E-state index in [4.69, 9.17) is 4.74 Å². The molecular formula is C19H21FN4O2. The molecule has 2 aromatic heterocycles. The minimum Gasteiger partial charge on any atom is -0.488 e. The van der Waals surface area contributed by atoms with Crippen LogP contribution in [-0.2, 0) is 7.05 Å². The van der Waals surface area contributed by atoms with Gasteiger partial charge in [-0.2, -0.15) is 5.10 Å². The van der Waals surface area contributed by atoms with E-state index < -0.39 is 5.82 Å². The highest BCUT2D eigenvalue weighted by atomic mass is 19.1. The molecule has 26 heavy (non-hydrogen) atoms. The van der Waals surface area contributed by atoms with E-state index in [9.17, 15) is 9.18 Å². The first-order valence-electron chi connectivity index (χ1n) is 8.36. The van der Waals surface area contributed by atoms with Gasteiger partial charge in [-0.25, -0.2) is 9.37 Å². The molecule has 0 aliphatic carbocycles. The zero-order chi connectivity index (χ0) is 18.8. The lowest BCUT2D eigenvalue weighted by Crippen LogP contribution is -2.37. The fourth-order valence-electron chi connectivity index (χ4n) is 2.87. The largest absolute Gasteiger partial charge is 0.488 e. The Hall–Kier alpha value is -2.96. The second-order valence-electron chi connectivity index (χ2n) is 6.33. The van der Waals surface area contributed by atoms with Crippen molar-refractivity contribution in [1.82, 2.24) is 20.1 Å². The molecule has 0 saturated carbocycles. The van der Waals surface area contributed by atoms with Gasteiger partial charge in [0.25, 0.3) is 5.91 Å². The normalized spacial score (nSPS) is 12.2. The molecular weight excluding hydrogens is 335 g/mol. The quantitative estimate of drug-likeness (QED) is 0.763. The van der Waals surface area contributed by atoms with Gasteiger partial charge in [-0.1, -0.05) is 12.1 Å². The minimum absolute atomic E-state index is 0.159. The second-order valence-corrected chi connectivity index (χ2v) is 6.33. The highest BCUT2D eigenvalue weighted by Gasteiger charge is 2.19. The highest BCUT2D eigenvalue weighted by molar-refractivity contribution is 6.06. The summed E-state index contributed by atoms with van der Waals surface area (Å²) >= 11 is 0. The first-order valence-corrected chi connectivity index (χ1v) is 8.36. The van der Waals surface area contributed by atoms with E-state index in [2.05, 4.69) is 15.4 Å². The van der Waals surface area contributed by atoms with Gasteiger partial charge >= 0.3 is 0 Å². The third-order valence-electron chi connectivity index (χ3n) is 4.04. The van der Waals surface area contributed by atoms with Gasteiger partial charge < -0.3 is 10.1 Å². The van der Waals surface area contributed by atoms with E-state index in [1.54, 1.807) is 42.9 Å². The maximum Gasteiger partial charge on any atom is 0.252 e. The summed E-state index contributed by atoms with van der Waals surface area (Å²) in [6, 6.07) is 7.63. The number of nitrogens with one attached hydrogen (secondary N) is 1. The maximum absolute atomic E-state index is 13.6. The molecule has 1 amide bonds. The van der Waals surface area contributed by atoms with E-state index in [0.717, 1.165) is 16.8 Å². The van der Waals surface area contributed by atoms with Gasteiger partial charge in [0.15, 0.2) is 17.2 Å². The number of nitrogens with zero attached hydrogens (tertiary/aromatic N) is 3. The molecule has 0 radical (unpaired) electrons. The van der Waals surface area contributed by atoms with Crippen LogP contribution in [0.5, 0.6) is 5.75 Å². The van der Waals surface area contributed by atoms with Crippen LogP contribution in [-0.4, -0.2) is 33.3 Å². The molecule has 1 unspecified atom stereocenters. The van der Waals surface area contributed by atoms with Crippen molar-refractivity contribution in [2.24, 2.45) is 7.05 Å². The SMILES string of the molecule is Cc1cc(C(=O)NC(C)COc2ccccc2F)c2c(C)nn(C)c2n1. The summed E-state index contributed by atoms with van der Waals surface area (Å²) in [5, 5.41) is 7.97. The third kappa shape index (κ3) is 3.51. The number of benzene rings is 1. The van der Waals surface area contributed by atoms with Gasteiger partial charge in [0.2, 0.25) is 0 Å². The summed E-state index contributed by atoms with van der Waals surface area (Å²) in [6.45, 7) is 5.65. The van der Waals surface area contributed by atoms with Crippen molar-refractivity contribution in [2.45, 2.75) is 26.8 Å². The van der Waals surface area contributed by atoms with Crippen molar-refractivity contribution in [1.29, 1.82) is 0 Å². The van der Waals surface area contributed by atoms with Gasteiger partial charge in [-0.3, -0.25) is 9.48 Å². The Labute approximate surface area is 151 Å². The Balaban J connectivity index is 1.76. The fourth-order valence-corrected chi connectivity index (χ4v) is 2.87. The lowest BCUT2D eigenvalue weighted by atomic mass is 10.1. The lowest BCUT2D eigenvalue weighted by molar-refractivity contribution is 0.0927. The van der Waals surface area contributed by atoms with E-state index in [0.29, 0.717) is 11.2 Å². The predicted molar refractivity (Wildman–Crippen MR) is 96.8 cm³/mol. The lowest BCUT2D eigenvalue weighted by Gasteiger charge is -2.16. The minimum atomic E-state index is -0.427. The van der Waals surface area contributed by atoms with Crippen LogP contribution in [0, 0.1) is 19.7 Å². The Morgan fingerprint density at radius 3 is 2.81 bits per heavy atom. The molecule has 1 N–H and O–H groups in total. The molecule has 0 fully saturated rings. The average Bonchev–Trinajstić information content (AvgIpc) is 2.87. The van der Waals surface area contributed by atoms with Gasteiger partial charge in [0, 0.05) is 12.7 Å². The number of rotatable bonds is 5. The average molecular weight is 356 g/mol. The van der Waals surface area contributed by atoms with Crippen molar-refractivity contribution in [3.63, 3.8) is 0 Å². The number of hydrogen-bond donors (Lipinski definition) is 1. The van der Waals surface area contributed by atoms with E-state index >= 15 is 0 Å². The van der Waals surface area contributed by atoms with E-state index in [-0.39, 0.29) is 24.3 Å². The Kier molecular flexibility index (Phi) is 4.88. The number of pyridine rings is 1. The topological polar surface area (TPSA) is 69.0 Å². The van der Waals surface area contributed by atoms with Gasteiger partial charge in [-0.05, 0) is 39.0 Å². The number of halogens is 1. The van der Waals surface area contributed by atoms with Crippen molar-refractivity contribution in [3.8, 4) is 5.75 Å². The number of aryl methyl sites for hydroxylation is 3. The Morgan fingerprint density at radius 1 is 1.35 bits per heavy atom. The number of hydrogen-bond acceptors (Lipinski definition) is 4. The number of ether oxygens (including phenoxy) is 1. The molecule has 1 atom stereocenters. The second kappa shape index (κ2) is 7.11. The molecule has 3 aromatic rings. The molecule has 0 saturated heterocycles. The summed E-state index contributed by atoms with van der Waals surface area (Å²) in [4.78, 5) is 17.2. The summed E-state index contributed by atoms with van der Waals surface area (Å²) < 4.78 is 20.7. The summed E-state index contributed by atoms with van der Waals surface area (Å²) in [5.74, 6) is -0.497. The molecule has 0 aliphatic heterocycles. The summed E-state index contributed by atoms with van der Waals surface area (Å²) in [7, 11) is 1.80. The summed E-state index contributed by atoms with van der Waals surface area (Å²) in [5.41, 5.74) is 2.68. The third-order valence-corrected chi connectivity index (χ3v) is 4.04. The van der Waals surface area contributed by atoms with Crippen LogP contribution in [0.15, 0.2) is 30.3 Å². The van der Waals surface area contributed by atoms with Crippen molar-refractivity contribution in [3.05, 3.63) is 53.1 Å². The molecule has 136 valence electrons. The van der Waals surface area contributed by atoms with Gasteiger partial charge in [-0.15, -0.1) is 0 Å². The number of carbonyl (C=O) groups excluding carboxylic acids is 1. The molecule has 7 heteroatoms. The van der Waals surface area contributed by atoms with Crippen LogP contribution in [0.4, 0.5) is 4.39 Å². The molecule has 6 nitrogen and oxygen atoms in total. The van der Waals surface area contributed by atoms with E-state index in [1.807, 2.05) is 13.8 Å². The molecule has 1 aromatic carbocycles. The maximum atomic E-state index is 13.6. The van der Waals surface area contributed by atoms with Crippen molar-refractivity contribution >= 4 is 16.9 Å². The first kappa shape index (κ1) is 17.8. The van der Waals surface area contributed by atoms with Crippen molar-refractivity contribution < 1.29 is 13.9 Å². The Bertz CT molecular complexity index is 968. The molecule has 0 aliphatic rings. The smallest absolute Gasteiger partial charge is 0.252 e. The van der Waals surface area contributed by atoms with Crippen LogP contribution < -0.4 is 10.1 Å². The number of carbonyl (C=O) groups is 1. The van der Waals surface area contributed by atoms with E-state index in [1.165, 1.54) is 6.07 Å². The first-order chi connectivity index (χ1) is 12.4. The fraction of sp³-hybridized carbons (Fsp3) is 0.316. The summed E-state index contributed by atoms with van der Waals surface area (Å²) in [6.07, 6.45) is 0. The zero-order valence-corrected chi connectivity index (χ0v) is 15.2. The molecule has 0 bridgehead atoms. The number of para-hydroxylation sites is 1.